The van der Waals surface area contributed by atoms with Crippen molar-refractivity contribution in [3.05, 3.63) is 29.8 Å². The number of benzene rings is 1. The molecule has 2 aliphatic heterocycles. The molecule has 2 unspecified atom stereocenters. The van der Waals surface area contributed by atoms with Gasteiger partial charge in [0.2, 0.25) is 0 Å². The molecule has 20 heavy (non-hydrogen) atoms. The number of nitrogens with zero attached hydrogens (tertiary/aromatic N) is 1. The van der Waals surface area contributed by atoms with Crippen molar-refractivity contribution < 1.29 is 4.74 Å². The van der Waals surface area contributed by atoms with E-state index in [-0.39, 0.29) is 0 Å². The van der Waals surface area contributed by atoms with Gasteiger partial charge in [0.25, 0.3) is 0 Å². The summed E-state index contributed by atoms with van der Waals surface area (Å²) in [6.45, 7) is 7.98. The number of hydrogen-bond acceptors (Lipinski definition) is 3. The summed E-state index contributed by atoms with van der Waals surface area (Å²) in [6, 6.07) is 9.06. The average molecular weight is 274 g/mol. The Bertz CT molecular complexity index is 429. The van der Waals surface area contributed by atoms with Gasteiger partial charge in [-0.25, -0.2) is 0 Å². The highest BCUT2D eigenvalue weighted by Crippen LogP contribution is 2.32. The quantitative estimate of drug-likeness (QED) is 0.893. The second kappa shape index (κ2) is 6.59. The van der Waals surface area contributed by atoms with Crippen molar-refractivity contribution in [2.45, 2.75) is 38.1 Å². The SMILES string of the molecule is CC(CN1CCCC1)NCC1CCOc2ccccc21. The first-order valence-corrected chi connectivity index (χ1v) is 8.00. The van der Waals surface area contributed by atoms with Gasteiger partial charge in [-0.15, -0.1) is 0 Å². The maximum atomic E-state index is 5.73. The first kappa shape index (κ1) is 13.9. The Labute approximate surface area is 122 Å². The summed E-state index contributed by atoms with van der Waals surface area (Å²) < 4.78 is 5.73. The monoisotopic (exact) mass is 274 g/mol. The molecule has 1 N–H and O–H groups in total. The number of likely N-dealkylation sites (tertiary alicyclic amines) is 1. The minimum absolute atomic E-state index is 0.572. The van der Waals surface area contributed by atoms with E-state index >= 15 is 0 Å². The minimum Gasteiger partial charge on any atom is -0.493 e. The molecule has 0 aliphatic carbocycles. The van der Waals surface area contributed by atoms with E-state index in [1.165, 1.54) is 38.0 Å². The van der Waals surface area contributed by atoms with Crippen molar-refractivity contribution in [3.8, 4) is 5.75 Å². The highest BCUT2D eigenvalue weighted by molar-refractivity contribution is 5.37. The van der Waals surface area contributed by atoms with E-state index in [0.29, 0.717) is 12.0 Å². The lowest BCUT2D eigenvalue weighted by molar-refractivity contribution is 0.255. The molecule has 1 saturated heterocycles. The van der Waals surface area contributed by atoms with Crippen molar-refractivity contribution >= 4 is 0 Å². The molecule has 1 fully saturated rings. The van der Waals surface area contributed by atoms with E-state index in [0.717, 1.165) is 25.3 Å². The summed E-state index contributed by atoms with van der Waals surface area (Å²) >= 11 is 0. The third-order valence-electron chi connectivity index (χ3n) is 4.53. The van der Waals surface area contributed by atoms with Crippen LogP contribution in [-0.2, 0) is 0 Å². The number of ether oxygens (including phenoxy) is 1. The number of hydrogen-bond donors (Lipinski definition) is 1. The van der Waals surface area contributed by atoms with Crippen LogP contribution in [0.5, 0.6) is 5.75 Å². The first-order chi connectivity index (χ1) is 9.83. The van der Waals surface area contributed by atoms with Gasteiger partial charge in [0.15, 0.2) is 0 Å². The molecule has 0 aromatic heterocycles. The van der Waals surface area contributed by atoms with Crippen LogP contribution in [-0.4, -0.2) is 43.7 Å². The molecule has 0 spiro atoms. The van der Waals surface area contributed by atoms with Crippen LogP contribution in [0.1, 0.15) is 37.7 Å². The Hall–Kier alpha value is -1.06. The fourth-order valence-electron chi connectivity index (χ4n) is 3.39. The van der Waals surface area contributed by atoms with Crippen molar-refractivity contribution in [1.82, 2.24) is 10.2 Å². The van der Waals surface area contributed by atoms with Crippen LogP contribution in [0.3, 0.4) is 0 Å². The highest BCUT2D eigenvalue weighted by Gasteiger charge is 2.22. The second-order valence-corrected chi connectivity index (χ2v) is 6.19. The first-order valence-electron chi connectivity index (χ1n) is 8.00. The molecule has 0 amide bonds. The molecule has 1 aromatic rings. The molecule has 1 aromatic carbocycles. The van der Waals surface area contributed by atoms with Gasteiger partial charge < -0.3 is 15.0 Å². The highest BCUT2D eigenvalue weighted by atomic mass is 16.5. The minimum atomic E-state index is 0.572. The maximum Gasteiger partial charge on any atom is 0.122 e. The largest absolute Gasteiger partial charge is 0.493 e. The summed E-state index contributed by atoms with van der Waals surface area (Å²) in [5.41, 5.74) is 1.37. The van der Waals surface area contributed by atoms with Gasteiger partial charge in [-0.05, 0) is 50.9 Å². The lowest BCUT2D eigenvalue weighted by Gasteiger charge is -2.28. The molecule has 0 radical (unpaired) electrons. The molecule has 3 rings (SSSR count). The van der Waals surface area contributed by atoms with Crippen molar-refractivity contribution in [3.63, 3.8) is 0 Å². The third kappa shape index (κ3) is 3.33. The Morgan fingerprint density at radius 3 is 2.95 bits per heavy atom. The Balaban J connectivity index is 1.51. The van der Waals surface area contributed by atoms with E-state index < -0.39 is 0 Å². The van der Waals surface area contributed by atoms with E-state index in [1.807, 2.05) is 0 Å². The Kier molecular flexibility index (Phi) is 4.58. The van der Waals surface area contributed by atoms with Crippen molar-refractivity contribution in [2.24, 2.45) is 0 Å². The molecule has 0 saturated carbocycles. The van der Waals surface area contributed by atoms with Gasteiger partial charge in [0.05, 0.1) is 6.61 Å². The Morgan fingerprint density at radius 2 is 2.10 bits per heavy atom. The van der Waals surface area contributed by atoms with Gasteiger partial charge in [0.1, 0.15) is 5.75 Å². The molecule has 3 heteroatoms. The van der Waals surface area contributed by atoms with Crippen LogP contribution in [0, 0.1) is 0 Å². The Morgan fingerprint density at radius 1 is 1.30 bits per heavy atom. The van der Waals surface area contributed by atoms with Gasteiger partial charge in [0, 0.05) is 25.0 Å². The van der Waals surface area contributed by atoms with Crippen LogP contribution < -0.4 is 10.1 Å². The molecule has 2 atom stereocenters. The summed E-state index contributed by atoms with van der Waals surface area (Å²) in [5.74, 6) is 1.68. The van der Waals surface area contributed by atoms with Gasteiger partial charge in [-0.3, -0.25) is 0 Å². The summed E-state index contributed by atoms with van der Waals surface area (Å²) in [7, 11) is 0. The zero-order valence-corrected chi connectivity index (χ0v) is 12.5. The normalized spacial score (nSPS) is 24.1. The van der Waals surface area contributed by atoms with Crippen molar-refractivity contribution in [2.75, 3.05) is 32.8 Å². The predicted molar refractivity (Wildman–Crippen MR) is 82.4 cm³/mol. The maximum absolute atomic E-state index is 5.73. The summed E-state index contributed by atoms with van der Waals surface area (Å²) in [4.78, 5) is 2.58. The van der Waals surface area contributed by atoms with Gasteiger partial charge in [-0.2, -0.15) is 0 Å². The summed E-state index contributed by atoms with van der Waals surface area (Å²) in [6.07, 6.45) is 3.88. The fourth-order valence-corrected chi connectivity index (χ4v) is 3.39. The fraction of sp³-hybridized carbons (Fsp3) is 0.647. The molecule has 3 nitrogen and oxygen atoms in total. The predicted octanol–water partition coefficient (Wildman–Crippen LogP) is 2.63. The number of fused-ring (bicyclic) bond motifs is 1. The number of para-hydroxylation sites is 1. The van der Waals surface area contributed by atoms with Crippen LogP contribution in [0.15, 0.2) is 24.3 Å². The smallest absolute Gasteiger partial charge is 0.122 e. The van der Waals surface area contributed by atoms with E-state index in [1.54, 1.807) is 0 Å². The zero-order chi connectivity index (χ0) is 13.8. The zero-order valence-electron chi connectivity index (χ0n) is 12.5. The van der Waals surface area contributed by atoms with Crippen LogP contribution >= 0.6 is 0 Å². The number of nitrogens with one attached hydrogen (secondary N) is 1. The van der Waals surface area contributed by atoms with E-state index in [9.17, 15) is 0 Å². The standard InChI is InChI=1S/C17H26N2O/c1-14(13-19-9-4-5-10-19)18-12-15-8-11-20-17-7-3-2-6-16(15)17/h2-3,6-7,14-15,18H,4-5,8-13H2,1H3. The lowest BCUT2D eigenvalue weighted by Crippen LogP contribution is -2.40. The van der Waals surface area contributed by atoms with Gasteiger partial charge in [-0.1, -0.05) is 18.2 Å². The topological polar surface area (TPSA) is 24.5 Å². The molecule has 2 heterocycles. The van der Waals surface area contributed by atoms with E-state index in [4.69, 9.17) is 4.74 Å². The molecular weight excluding hydrogens is 248 g/mol. The molecule has 0 bridgehead atoms. The lowest BCUT2D eigenvalue weighted by atomic mass is 9.93. The van der Waals surface area contributed by atoms with Crippen molar-refractivity contribution in [1.29, 1.82) is 0 Å². The average Bonchev–Trinajstić information content (AvgIpc) is 2.98. The van der Waals surface area contributed by atoms with E-state index in [2.05, 4.69) is 41.4 Å². The number of rotatable bonds is 5. The van der Waals surface area contributed by atoms with Gasteiger partial charge >= 0.3 is 0 Å². The second-order valence-electron chi connectivity index (χ2n) is 6.19. The summed E-state index contributed by atoms with van der Waals surface area (Å²) in [5, 5.41) is 3.72. The van der Waals surface area contributed by atoms with Crippen LogP contribution in [0.4, 0.5) is 0 Å². The van der Waals surface area contributed by atoms with Crippen LogP contribution in [0.2, 0.25) is 0 Å². The molecular formula is C17H26N2O. The van der Waals surface area contributed by atoms with Crippen LogP contribution in [0.25, 0.3) is 0 Å². The third-order valence-corrected chi connectivity index (χ3v) is 4.53. The molecule has 2 aliphatic rings. The molecule has 110 valence electrons.